The van der Waals surface area contributed by atoms with E-state index in [-0.39, 0.29) is 57.6 Å². The molecule has 0 fully saturated rings. The molecule has 0 saturated carbocycles. The molecule has 2 amide bonds. The maximum atomic E-state index is 13.6. The van der Waals surface area contributed by atoms with E-state index in [1.807, 2.05) is 0 Å². The minimum Gasteiger partial charge on any atom is -0.454 e. The first-order chi connectivity index (χ1) is 24.5. The monoisotopic (exact) mass is 732 g/mol. The molecule has 0 spiro atoms. The van der Waals surface area contributed by atoms with Gasteiger partial charge in [-0.05, 0) is 32.2 Å². The van der Waals surface area contributed by atoms with Crippen molar-refractivity contribution >= 4 is 41.5 Å². The number of nitrogens with one attached hydrogen (secondary N) is 3. The molecule has 0 aromatic rings. The molecule has 5 N–H and O–H groups in total. The van der Waals surface area contributed by atoms with E-state index < -0.39 is 60.0 Å². The topological polar surface area (TPSA) is 237 Å². The zero-order valence-corrected chi connectivity index (χ0v) is 30.9. The lowest BCUT2D eigenvalue weighted by Gasteiger charge is -2.35. The molecule has 0 aromatic carbocycles. The molecule has 0 heterocycles. The van der Waals surface area contributed by atoms with E-state index in [1.165, 1.54) is 27.7 Å². The third kappa shape index (κ3) is 22.0. The second-order valence-corrected chi connectivity index (χ2v) is 11.3. The molecule has 17 nitrogen and oxygen atoms in total. The SMILES string of the molecule is CCC(=O)OC(C(=O)CCCNCCN)C(OC(=O)CC)C(OC(=O)CC)C(OC(=O)CC)C(=O)NCCCCCNC(=O)CCOCCOC. The van der Waals surface area contributed by atoms with Gasteiger partial charge in [-0.1, -0.05) is 27.7 Å². The van der Waals surface area contributed by atoms with Gasteiger partial charge in [-0.3, -0.25) is 33.6 Å². The third-order valence-electron chi connectivity index (χ3n) is 7.18. The standard InChI is InChI=1S/C34H60N4O13/c1-6-26(41)48-30(24(39)14-13-17-36-20-16-35)31(49-27(42)7-2)32(50-28(43)8-3)33(51-29(44)9-4)34(45)38-19-12-10-11-18-37-25(40)15-21-47-23-22-46-5/h30-33,36H,6-23,35H2,1-5H3,(H,37,40)(H,38,45). The van der Waals surface area contributed by atoms with Crippen molar-refractivity contribution in [1.82, 2.24) is 16.0 Å². The first kappa shape index (κ1) is 47.3. The number of unbranched alkanes of at least 4 members (excludes halogenated alkanes) is 2. The van der Waals surface area contributed by atoms with Crippen molar-refractivity contribution in [3.8, 4) is 0 Å². The molecule has 4 atom stereocenters. The average Bonchev–Trinajstić information content (AvgIpc) is 3.13. The van der Waals surface area contributed by atoms with Crippen molar-refractivity contribution in [2.24, 2.45) is 5.73 Å². The summed E-state index contributed by atoms with van der Waals surface area (Å²) in [7, 11) is 1.56. The Balaban J connectivity index is 6.04. The van der Waals surface area contributed by atoms with Crippen LogP contribution in [0.5, 0.6) is 0 Å². The molecule has 0 rings (SSSR count). The fourth-order valence-corrected chi connectivity index (χ4v) is 4.33. The first-order valence-corrected chi connectivity index (χ1v) is 17.8. The van der Waals surface area contributed by atoms with Crippen LogP contribution in [0.25, 0.3) is 0 Å². The fraction of sp³-hybridized carbons (Fsp3) is 0.794. The van der Waals surface area contributed by atoms with Gasteiger partial charge in [0.05, 0.1) is 19.8 Å². The Labute approximate surface area is 301 Å². The maximum Gasteiger partial charge on any atom is 0.306 e. The molecule has 0 aliphatic rings. The number of carbonyl (C=O) groups is 7. The molecule has 0 bridgehead atoms. The smallest absolute Gasteiger partial charge is 0.306 e. The number of nitrogens with two attached hydrogens (primary N) is 1. The van der Waals surface area contributed by atoms with E-state index >= 15 is 0 Å². The van der Waals surface area contributed by atoms with E-state index in [9.17, 15) is 33.6 Å². The van der Waals surface area contributed by atoms with E-state index in [0.29, 0.717) is 65.1 Å². The Hall–Kier alpha value is -3.67. The lowest BCUT2D eigenvalue weighted by atomic mass is 9.96. The highest BCUT2D eigenvalue weighted by Gasteiger charge is 2.49. The molecule has 17 heteroatoms. The fourth-order valence-electron chi connectivity index (χ4n) is 4.33. The maximum absolute atomic E-state index is 13.6. The van der Waals surface area contributed by atoms with Crippen molar-refractivity contribution in [2.45, 2.75) is 116 Å². The van der Waals surface area contributed by atoms with Crippen LogP contribution in [0.2, 0.25) is 0 Å². The van der Waals surface area contributed by atoms with Crippen molar-refractivity contribution in [3.05, 3.63) is 0 Å². The number of rotatable bonds is 31. The summed E-state index contributed by atoms with van der Waals surface area (Å²) >= 11 is 0. The summed E-state index contributed by atoms with van der Waals surface area (Å²) < 4.78 is 32.3. The van der Waals surface area contributed by atoms with Crippen LogP contribution in [-0.4, -0.2) is 126 Å². The molecule has 294 valence electrons. The van der Waals surface area contributed by atoms with Gasteiger partial charge in [-0.15, -0.1) is 0 Å². The molecule has 0 aliphatic carbocycles. The van der Waals surface area contributed by atoms with Gasteiger partial charge in [0.25, 0.3) is 5.91 Å². The summed E-state index contributed by atoms with van der Waals surface area (Å²) in [6.45, 7) is 8.89. The normalized spacial score (nSPS) is 13.2. The molecule has 0 aromatic heterocycles. The lowest BCUT2D eigenvalue weighted by Crippen LogP contribution is -2.58. The van der Waals surface area contributed by atoms with Gasteiger partial charge >= 0.3 is 23.9 Å². The molecular formula is C34H60N4O13. The van der Waals surface area contributed by atoms with Crippen LogP contribution in [0.1, 0.15) is 91.9 Å². The highest BCUT2D eigenvalue weighted by Crippen LogP contribution is 2.23. The largest absolute Gasteiger partial charge is 0.454 e. The predicted molar refractivity (Wildman–Crippen MR) is 184 cm³/mol. The van der Waals surface area contributed by atoms with Crippen molar-refractivity contribution < 1.29 is 62.0 Å². The number of methoxy groups -OCH3 is 1. The zero-order chi connectivity index (χ0) is 38.4. The van der Waals surface area contributed by atoms with Gasteiger partial charge in [-0.25, -0.2) is 0 Å². The molecule has 51 heavy (non-hydrogen) atoms. The number of amides is 2. The number of esters is 4. The van der Waals surface area contributed by atoms with Crippen LogP contribution in [0, 0.1) is 0 Å². The number of hydrogen-bond acceptors (Lipinski definition) is 15. The minimum atomic E-state index is -1.88. The number of carbonyl (C=O) groups excluding carboxylic acids is 7. The van der Waals surface area contributed by atoms with Gasteiger partial charge < -0.3 is 50.1 Å². The van der Waals surface area contributed by atoms with Crippen molar-refractivity contribution in [3.63, 3.8) is 0 Å². The van der Waals surface area contributed by atoms with E-state index in [2.05, 4.69) is 16.0 Å². The highest BCUT2D eigenvalue weighted by molar-refractivity contribution is 5.88. The molecular weight excluding hydrogens is 672 g/mol. The summed E-state index contributed by atoms with van der Waals surface area (Å²) in [6, 6.07) is 0. The number of ketones is 1. The van der Waals surface area contributed by atoms with Crippen LogP contribution in [0.3, 0.4) is 0 Å². The van der Waals surface area contributed by atoms with Crippen LogP contribution in [-0.2, 0) is 62.0 Å². The first-order valence-electron chi connectivity index (χ1n) is 17.8. The highest BCUT2D eigenvalue weighted by atomic mass is 16.6. The van der Waals surface area contributed by atoms with Gasteiger partial charge in [0.2, 0.25) is 18.1 Å². The Morgan fingerprint density at radius 2 is 1.10 bits per heavy atom. The Kier molecular flexibility index (Phi) is 27.8. The van der Waals surface area contributed by atoms with Crippen LogP contribution in [0.4, 0.5) is 0 Å². The van der Waals surface area contributed by atoms with Gasteiger partial charge in [0, 0.05) is 71.8 Å². The van der Waals surface area contributed by atoms with E-state index in [0.717, 1.165) is 0 Å². The number of ether oxygens (including phenoxy) is 6. The summed E-state index contributed by atoms with van der Waals surface area (Å²) in [5, 5.41) is 8.49. The van der Waals surface area contributed by atoms with E-state index in [1.54, 1.807) is 7.11 Å². The molecule has 4 unspecified atom stereocenters. The number of hydrogen-bond donors (Lipinski definition) is 4. The molecule has 0 saturated heterocycles. The Bertz CT molecular complexity index is 1060. The van der Waals surface area contributed by atoms with Crippen molar-refractivity contribution in [2.75, 3.05) is 59.7 Å². The van der Waals surface area contributed by atoms with Crippen LogP contribution >= 0.6 is 0 Å². The van der Waals surface area contributed by atoms with Gasteiger partial charge in [0.1, 0.15) is 0 Å². The summed E-state index contributed by atoms with van der Waals surface area (Å²) in [5.41, 5.74) is 5.50. The quantitative estimate of drug-likeness (QED) is 0.0434. The minimum absolute atomic E-state index is 0.108. The third-order valence-corrected chi connectivity index (χ3v) is 7.18. The Morgan fingerprint density at radius 1 is 0.569 bits per heavy atom. The van der Waals surface area contributed by atoms with Crippen LogP contribution < -0.4 is 21.7 Å². The predicted octanol–water partition coefficient (Wildman–Crippen LogP) is 0.627. The average molecular weight is 733 g/mol. The molecule has 0 aliphatic heterocycles. The summed E-state index contributed by atoms with van der Waals surface area (Å²) in [5.74, 6) is -5.06. The van der Waals surface area contributed by atoms with Gasteiger partial charge in [-0.2, -0.15) is 0 Å². The zero-order valence-electron chi connectivity index (χ0n) is 30.9. The second kappa shape index (κ2) is 30.0. The Morgan fingerprint density at radius 3 is 1.65 bits per heavy atom. The van der Waals surface area contributed by atoms with Crippen molar-refractivity contribution in [1.29, 1.82) is 0 Å². The van der Waals surface area contributed by atoms with Gasteiger partial charge in [0.15, 0.2) is 18.0 Å². The number of Topliss-reactive ketones (excluding diaryl/α,β-unsaturated/α-hetero) is 1. The molecule has 0 radical (unpaired) electrons. The lowest BCUT2D eigenvalue weighted by molar-refractivity contribution is -0.202. The second-order valence-electron chi connectivity index (χ2n) is 11.3. The van der Waals surface area contributed by atoms with Crippen LogP contribution in [0.15, 0.2) is 0 Å². The summed E-state index contributed by atoms with van der Waals surface area (Å²) in [4.78, 5) is 89.8. The van der Waals surface area contributed by atoms with E-state index in [4.69, 9.17) is 34.2 Å². The summed E-state index contributed by atoms with van der Waals surface area (Å²) in [6.07, 6.45) is -5.95.